The molecule has 2 aromatic rings. The minimum absolute atomic E-state index is 0. The second-order valence-corrected chi connectivity index (χ2v) is 16.7. The van der Waals surface area contributed by atoms with Gasteiger partial charge in [0.05, 0.1) is 0 Å². The van der Waals surface area contributed by atoms with Crippen molar-refractivity contribution in [3.05, 3.63) is 59.7 Å². The molecule has 0 aromatic heterocycles. The zero-order chi connectivity index (χ0) is 28.0. The number of rotatable bonds is 5. The average molecular weight is 637 g/mol. The fraction of sp³-hybridized carbons (Fsp3) is 0.706. The second kappa shape index (κ2) is 12.7. The van der Waals surface area contributed by atoms with Gasteiger partial charge in [-0.3, -0.25) is 0 Å². The molecule has 2 aliphatic heterocycles. The molecule has 6 aliphatic rings. The maximum atomic E-state index is 3.94. The molecular weight excluding hydrogens is 582 g/mol. The van der Waals surface area contributed by atoms with Crippen LogP contribution in [-0.4, -0.2) is 51.4 Å². The van der Waals surface area contributed by atoms with Crippen molar-refractivity contribution in [2.45, 2.75) is 81.7 Å². The molecule has 6 fully saturated rings. The van der Waals surface area contributed by atoms with Gasteiger partial charge in [-0.2, -0.15) is 11.6 Å². The summed E-state index contributed by atoms with van der Waals surface area (Å²) in [5.41, 5.74) is 3.74. The standard InChI is InChI=1S/C29H49N4P2.C5H5.Fe/c1-26(2,3)29(35,27-14-19-11-20(15-27)13-21(12-19)16-27)23-6-4-5-22(23)28(34,24-17-30-7-9-32-24)25-18-31-8-10-33-25;1-2-4-5-3-1;/h4-6,19-21,24-25,30-33H,7-18,34-35H2,1-3H3;1-5H;/q-1;-5;. The number of hydrogen-bond donors (Lipinski definition) is 4. The zero-order valence-electron chi connectivity index (χ0n) is 25.5. The summed E-state index contributed by atoms with van der Waals surface area (Å²) in [6, 6.07) is 18.1. The predicted molar refractivity (Wildman–Crippen MR) is 176 cm³/mol. The van der Waals surface area contributed by atoms with E-state index in [0.29, 0.717) is 17.5 Å². The first-order chi connectivity index (χ1) is 19.2. The molecule has 2 saturated heterocycles. The van der Waals surface area contributed by atoms with E-state index in [1.165, 1.54) is 38.5 Å². The van der Waals surface area contributed by atoms with Gasteiger partial charge >= 0.3 is 0 Å². The summed E-state index contributed by atoms with van der Waals surface area (Å²) in [5.74, 6) is 2.86. The Morgan fingerprint density at radius 1 is 0.780 bits per heavy atom. The Bertz CT molecular complexity index is 1030. The van der Waals surface area contributed by atoms with Crippen molar-refractivity contribution < 1.29 is 17.1 Å². The molecule has 4 saturated carbocycles. The van der Waals surface area contributed by atoms with Gasteiger partial charge in [-0.05, 0) is 72.3 Å². The van der Waals surface area contributed by atoms with Crippen LogP contribution in [0.1, 0.15) is 70.4 Å². The smallest absolute Gasteiger partial charge is 0.0319 e. The Balaban J connectivity index is 0.000000510. The van der Waals surface area contributed by atoms with Gasteiger partial charge in [0.15, 0.2) is 0 Å². The van der Waals surface area contributed by atoms with E-state index in [1.54, 1.807) is 11.1 Å². The van der Waals surface area contributed by atoms with Crippen LogP contribution in [0.25, 0.3) is 0 Å². The molecule has 4 N–H and O–H groups in total. The van der Waals surface area contributed by atoms with Gasteiger partial charge in [0.1, 0.15) is 0 Å². The van der Waals surface area contributed by atoms with E-state index in [2.05, 4.69) is 78.7 Å². The topological polar surface area (TPSA) is 48.1 Å². The van der Waals surface area contributed by atoms with Crippen molar-refractivity contribution in [1.82, 2.24) is 21.3 Å². The SMILES string of the molecule is CC(C)(C)C(P)([c-]1cccc1C(P)(C1CNCCN1)C1CNCCN1)C12CC3CC(CC(C3)C1)C2.[Fe].[cH-]1[cH-][cH-][cH-][cH-]1. The van der Waals surface area contributed by atoms with E-state index in [-0.39, 0.29) is 32.8 Å². The fourth-order valence-electron chi connectivity index (χ4n) is 10.1. The number of hydrogen-bond acceptors (Lipinski definition) is 4. The maximum Gasteiger partial charge on any atom is 0.0319 e. The maximum absolute atomic E-state index is 3.94. The summed E-state index contributed by atoms with van der Waals surface area (Å²) >= 11 is 0. The summed E-state index contributed by atoms with van der Waals surface area (Å²) in [6.45, 7) is 13.8. The first kappa shape index (κ1) is 32.3. The van der Waals surface area contributed by atoms with Gasteiger partial charge in [-0.1, -0.05) is 20.8 Å². The molecule has 4 bridgehead atoms. The average Bonchev–Trinajstić information content (AvgIpc) is 3.68. The monoisotopic (exact) mass is 636 g/mol. The minimum Gasteiger partial charge on any atom is -0.748 e. The molecule has 5 atom stereocenters. The van der Waals surface area contributed by atoms with Gasteiger partial charge < -0.3 is 51.6 Å². The molecule has 5 unspecified atom stereocenters. The van der Waals surface area contributed by atoms with Crippen LogP contribution in [0.3, 0.4) is 0 Å². The molecule has 234 valence electrons. The Morgan fingerprint density at radius 2 is 1.24 bits per heavy atom. The number of nitrogens with one attached hydrogen (secondary N) is 4. The van der Waals surface area contributed by atoms with Crippen LogP contribution in [0, 0.1) is 28.6 Å². The summed E-state index contributed by atoms with van der Waals surface area (Å²) in [6.07, 6.45) is 8.80. The molecule has 8 rings (SSSR count). The van der Waals surface area contributed by atoms with Crippen molar-refractivity contribution in [2.75, 3.05) is 39.3 Å². The second-order valence-electron chi connectivity index (χ2n) is 14.9. The Morgan fingerprint density at radius 3 is 1.63 bits per heavy atom. The summed E-state index contributed by atoms with van der Waals surface area (Å²) in [7, 11) is 7.01. The third-order valence-corrected chi connectivity index (χ3v) is 14.5. The van der Waals surface area contributed by atoms with E-state index >= 15 is 0 Å². The molecule has 2 heterocycles. The quantitative estimate of drug-likeness (QED) is 0.204. The normalized spacial score (nSPS) is 35.9. The molecule has 41 heavy (non-hydrogen) atoms. The number of piperazine rings is 2. The predicted octanol–water partition coefficient (Wildman–Crippen LogP) is 5.33. The fourth-order valence-corrected chi connectivity index (χ4v) is 11.5. The van der Waals surface area contributed by atoms with Gasteiger partial charge in [0.25, 0.3) is 0 Å². The van der Waals surface area contributed by atoms with Crippen LogP contribution >= 0.6 is 18.5 Å². The van der Waals surface area contributed by atoms with Gasteiger partial charge in [0, 0.05) is 73.6 Å². The van der Waals surface area contributed by atoms with Crippen molar-refractivity contribution >= 4 is 18.5 Å². The Labute approximate surface area is 265 Å². The van der Waals surface area contributed by atoms with Crippen molar-refractivity contribution in [3.8, 4) is 0 Å². The van der Waals surface area contributed by atoms with Crippen LogP contribution in [0.15, 0.2) is 48.5 Å². The van der Waals surface area contributed by atoms with Crippen molar-refractivity contribution in [2.24, 2.45) is 28.6 Å². The van der Waals surface area contributed by atoms with Crippen molar-refractivity contribution in [3.63, 3.8) is 0 Å². The Hall–Kier alpha value is -0.0805. The Kier molecular flexibility index (Phi) is 10.0. The van der Waals surface area contributed by atoms with Crippen LogP contribution in [-0.2, 0) is 27.4 Å². The van der Waals surface area contributed by atoms with E-state index in [0.717, 1.165) is 57.0 Å². The molecule has 0 radical (unpaired) electrons. The molecular formula is C34H54FeN4P2-6. The summed E-state index contributed by atoms with van der Waals surface area (Å²) < 4.78 is 0. The van der Waals surface area contributed by atoms with E-state index in [1.807, 2.05) is 30.3 Å². The zero-order valence-corrected chi connectivity index (χ0v) is 28.9. The van der Waals surface area contributed by atoms with Gasteiger partial charge in [-0.25, -0.2) is 12.1 Å². The summed E-state index contributed by atoms with van der Waals surface area (Å²) in [4.78, 5) is 0. The van der Waals surface area contributed by atoms with E-state index < -0.39 is 0 Å². The first-order valence-corrected chi connectivity index (χ1v) is 17.2. The van der Waals surface area contributed by atoms with Crippen LogP contribution in [0.4, 0.5) is 0 Å². The van der Waals surface area contributed by atoms with Gasteiger partial charge in [0.2, 0.25) is 0 Å². The van der Waals surface area contributed by atoms with E-state index in [9.17, 15) is 0 Å². The van der Waals surface area contributed by atoms with Crippen LogP contribution in [0.2, 0.25) is 0 Å². The molecule has 0 amide bonds. The minimum atomic E-state index is -0.0744. The summed E-state index contributed by atoms with van der Waals surface area (Å²) in [5, 5.41) is 15.3. The van der Waals surface area contributed by atoms with Gasteiger partial charge in [-0.15, -0.1) is 24.0 Å². The third kappa shape index (κ3) is 5.75. The molecule has 4 aliphatic carbocycles. The van der Waals surface area contributed by atoms with Crippen LogP contribution < -0.4 is 21.3 Å². The van der Waals surface area contributed by atoms with E-state index in [4.69, 9.17) is 0 Å². The molecule has 4 nitrogen and oxygen atoms in total. The third-order valence-electron chi connectivity index (χ3n) is 11.6. The first-order valence-electron chi connectivity index (χ1n) is 16.1. The largest absolute Gasteiger partial charge is 0.748 e. The van der Waals surface area contributed by atoms with Crippen LogP contribution in [0.5, 0.6) is 0 Å². The molecule has 2 aromatic carbocycles. The van der Waals surface area contributed by atoms with Crippen molar-refractivity contribution in [1.29, 1.82) is 0 Å². The molecule has 7 heteroatoms. The molecule has 0 spiro atoms.